The van der Waals surface area contributed by atoms with Crippen molar-refractivity contribution in [3.8, 4) is 0 Å². The molecule has 0 aromatic rings. The monoisotopic (exact) mass is 481 g/mol. The molecule has 152 valence electrons. The van der Waals surface area contributed by atoms with E-state index in [0.717, 1.165) is 25.6 Å². The third-order valence-corrected chi connectivity index (χ3v) is 4.58. The summed E-state index contributed by atoms with van der Waals surface area (Å²) >= 11 is 0. The fourth-order valence-electron chi connectivity index (χ4n) is 3.27. The Bertz CT molecular complexity index is 475. The quantitative estimate of drug-likeness (QED) is 0.358. The van der Waals surface area contributed by atoms with E-state index in [0.29, 0.717) is 19.1 Å². The van der Waals surface area contributed by atoms with Gasteiger partial charge in [-0.3, -0.25) is 9.89 Å². The Balaban J connectivity index is 0.00000338. The highest BCUT2D eigenvalue weighted by Crippen LogP contribution is 2.17. The summed E-state index contributed by atoms with van der Waals surface area (Å²) in [5, 5.41) is 6.74. The predicted molar refractivity (Wildman–Crippen MR) is 116 cm³/mol. The number of aliphatic imine (C=N–C) groups is 1. The van der Waals surface area contributed by atoms with Gasteiger partial charge in [0, 0.05) is 25.7 Å². The molecule has 0 radical (unpaired) electrons. The minimum Gasteiger partial charge on any atom is -0.444 e. The molecular weight excluding hydrogens is 445 g/mol. The van der Waals surface area contributed by atoms with Crippen LogP contribution >= 0.6 is 24.0 Å². The third-order valence-electron chi connectivity index (χ3n) is 4.58. The molecule has 0 bridgehead atoms. The number of guanidine groups is 1. The Morgan fingerprint density at radius 1 is 1.27 bits per heavy atom. The van der Waals surface area contributed by atoms with Crippen molar-refractivity contribution in [2.45, 2.75) is 65.1 Å². The van der Waals surface area contributed by atoms with Crippen LogP contribution in [0.2, 0.25) is 0 Å². The molecule has 1 amide bonds. The first kappa shape index (κ1) is 23.3. The van der Waals surface area contributed by atoms with E-state index in [-0.39, 0.29) is 36.1 Å². The van der Waals surface area contributed by atoms with Crippen LogP contribution in [0.4, 0.5) is 4.79 Å². The summed E-state index contributed by atoms with van der Waals surface area (Å²) in [6.07, 6.45) is 2.26. The van der Waals surface area contributed by atoms with Gasteiger partial charge in [0.15, 0.2) is 5.96 Å². The van der Waals surface area contributed by atoms with Crippen molar-refractivity contribution in [3.63, 3.8) is 0 Å². The van der Waals surface area contributed by atoms with Crippen molar-refractivity contribution in [2.24, 2.45) is 4.99 Å². The highest BCUT2D eigenvalue weighted by Gasteiger charge is 2.34. The number of nitrogens with one attached hydrogen (secondary N) is 2. The second kappa shape index (κ2) is 10.5. The Morgan fingerprint density at radius 2 is 1.96 bits per heavy atom. The van der Waals surface area contributed by atoms with E-state index >= 15 is 0 Å². The van der Waals surface area contributed by atoms with Crippen LogP contribution in [0.15, 0.2) is 4.99 Å². The summed E-state index contributed by atoms with van der Waals surface area (Å²) in [5.74, 6) is 0.847. The average molecular weight is 481 g/mol. The van der Waals surface area contributed by atoms with Crippen LogP contribution in [0.3, 0.4) is 0 Å². The molecule has 0 aliphatic carbocycles. The van der Waals surface area contributed by atoms with Gasteiger partial charge in [-0.15, -0.1) is 24.0 Å². The lowest BCUT2D eigenvalue weighted by atomic mass is 10.1. The van der Waals surface area contributed by atoms with Gasteiger partial charge in [0.1, 0.15) is 5.60 Å². The topological polar surface area (TPSA) is 69.2 Å². The van der Waals surface area contributed by atoms with Crippen molar-refractivity contribution in [2.75, 3.05) is 39.3 Å². The molecule has 26 heavy (non-hydrogen) atoms. The van der Waals surface area contributed by atoms with Crippen molar-refractivity contribution in [1.82, 2.24) is 20.4 Å². The molecule has 2 rings (SSSR count). The molecule has 1 atom stereocenters. The zero-order valence-corrected chi connectivity index (χ0v) is 19.2. The van der Waals surface area contributed by atoms with Crippen LogP contribution < -0.4 is 10.6 Å². The van der Waals surface area contributed by atoms with Crippen LogP contribution in [-0.2, 0) is 4.74 Å². The number of ether oxygens (including phenoxy) is 1. The van der Waals surface area contributed by atoms with Gasteiger partial charge < -0.3 is 20.3 Å². The number of likely N-dealkylation sites (N-methyl/N-ethyl adjacent to an activating group) is 1. The molecular formula is C18H36IN5O2. The number of halogens is 1. The number of nitrogens with zero attached hydrogens (tertiary/aromatic N) is 3. The number of carbonyl (C=O) groups excluding carboxylic acids is 1. The lowest BCUT2D eigenvalue weighted by molar-refractivity contribution is 0.00700. The molecule has 2 N–H and O–H groups in total. The first-order chi connectivity index (χ1) is 11.8. The van der Waals surface area contributed by atoms with E-state index < -0.39 is 5.60 Å². The summed E-state index contributed by atoms with van der Waals surface area (Å²) in [7, 11) is 0. The van der Waals surface area contributed by atoms with Crippen molar-refractivity contribution < 1.29 is 9.53 Å². The van der Waals surface area contributed by atoms with Gasteiger partial charge in [-0.2, -0.15) is 0 Å². The molecule has 0 saturated carbocycles. The van der Waals surface area contributed by atoms with Gasteiger partial charge in [-0.25, -0.2) is 4.79 Å². The minimum absolute atomic E-state index is 0. The molecule has 7 nitrogen and oxygen atoms in total. The molecule has 2 saturated heterocycles. The Hall–Kier alpha value is -0.770. The summed E-state index contributed by atoms with van der Waals surface area (Å²) in [4.78, 5) is 21.0. The zero-order valence-electron chi connectivity index (χ0n) is 16.9. The number of carbonyl (C=O) groups is 1. The summed E-state index contributed by atoms with van der Waals surface area (Å²) in [5.41, 5.74) is -0.446. The Kier molecular flexibility index (Phi) is 9.43. The van der Waals surface area contributed by atoms with Gasteiger partial charge in [-0.05, 0) is 53.6 Å². The lowest BCUT2D eigenvalue weighted by Gasteiger charge is -2.40. The smallest absolute Gasteiger partial charge is 0.410 e. The predicted octanol–water partition coefficient (Wildman–Crippen LogP) is 2.26. The molecule has 0 aromatic carbocycles. The standard InChI is InChI=1S/C18H35N5O2.HI/c1-6-19-16(20-11-15-9-8-10-22(15)7-2)21-14-12-23(13-14)17(24)25-18(3,4)5;/h14-15H,6-13H2,1-5H3,(H2,19,20,21);1H. The second-order valence-electron chi connectivity index (χ2n) is 7.87. The van der Waals surface area contributed by atoms with Crippen LogP contribution in [0, 0.1) is 0 Å². The summed E-state index contributed by atoms with van der Waals surface area (Å²) < 4.78 is 5.39. The van der Waals surface area contributed by atoms with Gasteiger partial charge in [0.25, 0.3) is 0 Å². The van der Waals surface area contributed by atoms with Crippen LogP contribution in [0.1, 0.15) is 47.5 Å². The van der Waals surface area contributed by atoms with Crippen LogP contribution in [0.25, 0.3) is 0 Å². The van der Waals surface area contributed by atoms with Crippen LogP contribution in [-0.4, -0.2) is 78.8 Å². The first-order valence-corrected chi connectivity index (χ1v) is 9.59. The molecule has 8 heteroatoms. The lowest BCUT2D eigenvalue weighted by Crippen LogP contribution is -2.63. The Labute approximate surface area is 175 Å². The van der Waals surface area contributed by atoms with E-state index in [2.05, 4.69) is 29.4 Å². The minimum atomic E-state index is -0.446. The van der Waals surface area contributed by atoms with Gasteiger partial charge >= 0.3 is 6.09 Å². The van der Waals surface area contributed by atoms with Gasteiger partial charge in [0.05, 0.1) is 12.6 Å². The number of likely N-dealkylation sites (tertiary alicyclic amines) is 2. The average Bonchev–Trinajstić information content (AvgIpc) is 2.93. The SMILES string of the molecule is CCNC(=NCC1CCCN1CC)NC1CN(C(=O)OC(C)(C)C)C1.I. The zero-order chi connectivity index (χ0) is 18.4. The van der Waals surface area contributed by atoms with Gasteiger partial charge in [0.2, 0.25) is 0 Å². The normalized spacial score (nSPS) is 21.8. The highest BCUT2D eigenvalue weighted by atomic mass is 127. The van der Waals surface area contributed by atoms with Gasteiger partial charge in [-0.1, -0.05) is 6.92 Å². The van der Waals surface area contributed by atoms with Crippen molar-refractivity contribution in [1.29, 1.82) is 0 Å². The fraction of sp³-hybridized carbons (Fsp3) is 0.889. The highest BCUT2D eigenvalue weighted by molar-refractivity contribution is 14.0. The van der Waals surface area contributed by atoms with Crippen molar-refractivity contribution in [3.05, 3.63) is 0 Å². The summed E-state index contributed by atoms with van der Waals surface area (Å²) in [6, 6.07) is 0.788. The first-order valence-electron chi connectivity index (χ1n) is 9.59. The van der Waals surface area contributed by atoms with E-state index in [4.69, 9.17) is 9.73 Å². The number of amides is 1. The van der Waals surface area contributed by atoms with Crippen molar-refractivity contribution >= 4 is 36.0 Å². The summed E-state index contributed by atoms with van der Waals surface area (Å²) in [6.45, 7) is 15.2. The molecule has 2 fully saturated rings. The second-order valence-corrected chi connectivity index (χ2v) is 7.87. The maximum Gasteiger partial charge on any atom is 0.410 e. The van der Waals surface area contributed by atoms with Crippen LogP contribution in [0.5, 0.6) is 0 Å². The van der Waals surface area contributed by atoms with E-state index in [1.807, 2.05) is 20.8 Å². The van der Waals surface area contributed by atoms with E-state index in [1.165, 1.54) is 19.4 Å². The molecule has 2 heterocycles. The Morgan fingerprint density at radius 3 is 2.54 bits per heavy atom. The largest absolute Gasteiger partial charge is 0.444 e. The molecule has 2 aliphatic rings. The molecule has 0 spiro atoms. The van der Waals surface area contributed by atoms with E-state index in [9.17, 15) is 4.79 Å². The molecule has 2 aliphatic heterocycles. The molecule has 1 unspecified atom stereocenters. The number of rotatable bonds is 5. The van der Waals surface area contributed by atoms with E-state index in [1.54, 1.807) is 4.90 Å². The fourth-order valence-corrected chi connectivity index (χ4v) is 3.27. The third kappa shape index (κ3) is 7.09. The maximum absolute atomic E-state index is 12.0. The molecule has 0 aromatic heterocycles. The number of hydrogen-bond donors (Lipinski definition) is 2. The number of hydrogen-bond acceptors (Lipinski definition) is 4. The maximum atomic E-state index is 12.0.